The van der Waals surface area contributed by atoms with Crippen LogP contribution in [0.3, 0.4) is 0 Å². The molecule has 0 radical (unpaired) electrons. The summed E-state index contributed by atoms with van der Waals surface area (Å²) in [7, 11) is 0. The van der Waals surface area contributed by atoms with Crippen LogP contribution in [0.1, 0.15) is 31.1 Å². The van der Waals surface area contributed by atoms with E-state index in [2.05, 4.69) is 0 Å². The van der Waals surface area contributed by atoms with E-state index in [9.17, 15) is 14.4 Å². The summed E-state index contributed by atoms with van der Waals surface area (Å²) >= 11 is 6.08. The molecule has 3 heterocycles. The monoisotopic (exact) mass is 375 g/mol. The van der Waals surface area contributed by atoms with E-state index in [0.717, 1.165) is 4.90 Å². The molecule has 2 bridgehead atoms. The van der Waals surface area contributed by atoms with Gasteiger partial charge in [-0.3, -0.25) is 9.59 Å². The van der Waals surface area contributed by atoms with Crippen LogP contribution in [0.15, 0.2) is 30.4 Å². The number of rotatable bonds is 3. The zero-order valence-electron chi connectivity index (χ0n) is 14.6. The molecule has 0 unspecified atom stereocenters. The van der Waals surface area contributed by atoms with E-state index in [1.165, 1.54) is 12.1 Å². The minimum Gasteiger partial charge on any atom is -0.462 e. The highest BCUT2D eigenvalue weighted by Crippen LogP contribution is 2.57. The van der Waals surface area contributed by atoms with Crippen molar-refractivity contribution in [3.05, 3.63) is 40.9 Å². The summed E-state index contributed by atoms with van der Waals surface area (Å²) in [4.78, 5) is 39.4. The highest BCUT2D eigenvalue weighted by molar-refractivity contribution is 6.34. The SMILES string of the molecule is CCOC(=O)c1cc(N2C(=O)[C@@H]3[C@@H](C2=O)[C@@]2(C)C=C[C@@]3(C)O2)ccc1Cl. The average Bonchev–Trinajstić information content (AvgIpc) is 3.13. The predicted octanol–water partition coefficient (Wildman–Crippen LogP) is 2.74. The topological polar surface area (TPSA) is 72.9 Å². The van der Waals surface area contributed by atoms with Crippen LogP contribution in [0.5, 0.6) is 0 Å². The van der Waals surface area contributed by atoms with Gasteiger partial charge in [0.05, 0.1) is 45.9 Å². The van der Waals surface area contributed by atoms with E-state index in [4.69, 9.17) is 21.1 Å². The van der Waals surface area contributed by atoms with Crippen LogP contribution in [-0.4, -0.2) is 35.6 Å². The van der Waals surface area contributed by atoms with E-state index < -0.39 is 29.0 Å². The first-order chi connectivity index (χ1) is 12.2. The number of hydrogen-bond donors (Lipinski definition) is 0. The Morgan fingerprint density at radius 1 is 1.19 bits per heavy atom. The van der Waals surface area contributed by atoms with Gasteiger partial charge in [-0.05, 0) is 39.0 Å². The van der Waals surface area contributed by atoms with Crippen molar-refractivity contribution in [1.29, 1.82) is 0 Å². The van der Waals surface area contributed by atoms with Crippen molar-refractivity contribution >= 4 is 35.1 Å². The number of anilines is 1. The fourth-order valence-corrected chi connectivity index (χ4v) is 4.50. The lowest BCUT2D eigenvalue weighted by Crippen LogP contribution is -2.39. The second kappa shape index (κ2) is 5.41. The summed E-state index contributed by atoms with van der Waals surface area (Å²) in [6.45, 7) is 5.53. The first-order valence-electron chi connectivity index (χ1n) is 8.47. The Morgan fingerprint density at radius 2 is 1.77 bits per heavy atom. The Bertz CT molecular complexity index is 845. The zero-order valence-corrected chi connectivity index (χ0v) is 15.4. The molecule has 2 saturated heterocycles. The van der Waals surface area contributed by atoms with Crippen LogP contribution in [0.2, 0.25) is 5.02 Å². The molecule has 0 saturated carbocycles. The predicted molar refractivity (Wildman–Crippen MR) is 93.9 cm³/mol. The van der Waals surface area contributed by atoms with Crippen LogP contribution < -0.4 is 4.90 Å². The number of hydrogen-bond acceptors (Lipinski definition) is 5. The maximum Gasteiger partial charge on any atom is 0.339 e. The smallest absolute Gasteiger partial charge is 0.339 e. The van der Waals surface area contributed by atoms with Crippen molar-refractivity contribution in [2.75, 3.05) is 11.5 Å². The fraction of sp³-hybridized carbons (Fsp3) is 0.421. The largest absolute Gasteiger partial charge is 0.462 e. The molecule has 3 aliphatic heterocycles. The Kier molecular flexibility index (Phi) is 3.59. The molecule has 1 aromatic carbocycles. The number of carbonyl (C=O) groups is 3. The van der Waals surface area contributed by atoms with Gasteiger partial charge in [-0.25, -0.2) is 9.69 Å². The third-order valence-electron chi connectivity index (χ3n) is 5.43. The molecule has 6 nitrogen and oxygen atoms in total. The molecule has 4 rings (SSSR count). The van der Waals surface area contributed by atoms with Crippen molar-refractivity contribution in [3.8, 4) is 0 Å². The van der Waals surface area contributed by atoms with E-state index >= 15 is 0 Å². The van der Waals surface area contributed by atoms with Gasteiger partial charge in [0.15, 0.2) is 0 Å². The number of ether oxygens (including phenoxy) is 2. The van der Waals surface area contributed by atoms with E-state index in [-0.39, 0.29) is 29.0 Å². The minimum absolute atomic E-state index is 0.124. The Balaban J connectivity index is 1.75. The standard InChI is InChI=1S/C19H18ClNO5/c1-4-25-17(24)11-9-10(5-6-12(11)20)21-15(22)13-14(16(21)23)19(3)8-7-18(13,2)26-19/h5-9,13-14H,4H2,1-3H3/t13-,14-,18+,19+/m0/s1. The number of carbonyl (C=O) groups excluding carboxylic acids is 3. The number of benzene rings is 1. The lowest BCUT2D eigenvalue weighted by Gasteiger charge is -2.25. The fourth-order valence-electron chi connectivity index (χ4n) is 4.30. The van der Waals surface area contributed by atoms with E-state index in [1.54, 1.807) is 13.0 Å². The second-order valence-electron chi connectivity index (χ2n) is 7.15. The van der Waals surface area contributed by atoms with Gasteiger partial charge in [-0.15, -0.1) is 0 Å². The van der Waals surface area contributed by atoms with Crippen molar-refractivity contribution in [1.82, 2.24) is 0 Å². The molecule has 1 aromatic rings. The highest BCUT2D eigenvalue weighted by Gasteiger charge is 2.70. The number of nitrogens with zero attached hydrogens (tertiary/aromatic N) is 1. The molecule has 3 aliphatic rings. The molecule has 2 amide bonds. The second-order valence-corrected chi connectivity index (χ2v) is 7.56. The molecule has 0 N–H and O–H groups in total. The Hall–Kier alpha value is -2.18. The Morgan fingerprint density at radius 3 is 2.31 bits per heavy atom. The average molecular weight is 376 g/mol. The van der Waals surface area contributed by atoms with Crippen molar-refractivity contribution in [2.24, 2.45) is 11.8 Å². The van der Waals surface area contributed by atoms with Gasteiger partial charge < -0.3 is 9.47 Å². The minimum atomic E-state index is -0.794. The third kappa shape index (κ3) is 2.12. The maximum absolute atomic E-state index is 13.1. The van der Waals surface area contributed by atoms with Gasteiger partial charge in [0.25, 0.3) is 0 Å². The lowest BCUT2D eigenvalue weighted by molar-refractivity contribution is -0.128. The maximum atomic E-state index is 13.1. The van der Waals surface area contributed by atoms with Gasteiger partial charge >= 0.3 is 5.97 Å². The summed E-state index contributed by atoms with van der Waals surface area (Å²) < 4.78 is 11.0. The number of fused-ring (bicyclic) bond motifs is 5. The molecule has 4 atom stereocenters. The summed E-state index contributed by atoms with van der Waals surface area (Å²) in [6.07, 6.45) is 3.71. The molecular weight excluding hydrogens is 358 g/mol. The van der Waals surface area contributed by atoms with Crippen LogP contribution in [0.25, 0.3) is 0 Å². The van der Waals surface area contributed by atoms with Crippen LogP contribution in [0, 0.1) is 11.8 Å². The van der Waals surface area contributed by atoms with Crippen LogP contribution >= 0.6 is 11.6 Å². The molecule has 0 spiro atoms. The molecule has 2 fully saturated rings. The quantitative estimate of drug-likeness (QED) is 0.461. The van der Waals surface area contributed by atoms with Gasteiger partial charge in [0.1, 0.15) is 0 Å². The molecule has 0 aromatic heterocycles. The van der Waals surface area contributed by atoms with Gasteiger partial charge in [0.2, 0.25) is 11.8 Å². The highest BCUT2D eigenvalue weighted by atomic mass is 35.5. The number of halogens is 1. The van der Waals surface area contributed by atoms with Gasteiger partial charge in [-0.1, -0.05) is 23.8 Å². The normalized spacial score (nSPS) is 34.5. The summed E-state index contributed by atoms with van der Waals surface area (Å²) in [5, 5.41) is 0.204. The zero-order chi connectivity index (χ0) is 18.9. The van der Waals surface area contributed by atoms with Crippen LogP contribution in [0.4, 0.5) is 5.69 Å². The van der Waals surface area contributed by atoms with Crippen LogP contribution in [-0.2, 0) is 19.1 Å². The number of esters is 1. The van der Waals surface area contributed by atoms with Gasteiger partial charge in [0, 0.05) is 0 Å². The van der Waals surface area contributed by atoms with Gasteiger partial charge in [-0.2, -0.15) is 0 Å². The summed E-state index contributed by atoms with van der Waals surface area (Å²) in [5.41, 5.74) is -1.15. The lowest BCUT2D eigenvalue weighted by atomic mass is 9.73. The first-order valence-corrected chi connectivity index (χ1v) is 8.85. The molecule has 136 valence electrons. The molecular formula is C19H18ClNO5. The number of imide groups is 1. The number of amides is 2. The molecule has 26 heavy (non-hydrogen) atoms. The Labute approximate surface area is 155 Å². The van der Waals surface area contributed by atoms with Crippen molar-refractivity contribution < 1.29 is 23.9 Å². The summed E-state index contributed by atoms with van der Waals surface area (Å²) in [6, 6.07) is 4.48. The van der Waals surface area contributed by atoms with E-state index in [1.807, 2.05) is 26.0 Å². The summed E-state index contributed by atoms with van der Waals surface area (Å²) in [5.74, 6) is -2.40. The first kappa shape index (κ1) is 17.2. The van der Waals surface area contributed by atoms with E-state index in [0.29, 0.717) is 5.69 Å². The third-order valence-corrected chi connectivity index (χ3v) is 5.76. The van der Waals surface area contributed by atoms with Crippen molar-refractivity contribution in [3.63, 3.8) is 0 Å². The van der Waals surface area contributed by atoms with Crippen molar-refractivity contribution in [2.45, 2.75) is 32.0 Å². The molecule has 7 heteroatoms. The molecule has 0 aliphatic carbocycles.